The van der Waals surface area contributed by atoms with E-state index < -0.39 is 67.0 Å². The van der Waals surface area contributed by atoms with Gasteiger partial charge in [-0.1, -0.05) is 27.7 Å². The van der Waals surface area contributed by atoms with Crippen molar-refractivity contribution in [2.75, 3.05) is 13.2 Å². The quantitative estimate of drug-likeness (QED) is 0.196. The number of hydrogen-bond donors (Lipinski definition) is 7. The summed E-state index contributed by atoms with van der Waals surface area (Å²) in [7, 11) is 0. The molecule has 0 aliphatic rings. The molecule has 0 aliphatic carbocycles. The fraction of sp³-hybridized carbons (Fsp3) is 0.750. The molecule has 0 fully saturated rings. The number of carboxylic acids is 1. The number of nitrogens with one attached hydrogen (secondary N) is 3. The van der Waals surface area contributed by atoms with Gasteiger partial charge >= 0.3 is 5.97 Å². The third-order valence-electron chi connectivity index (χ3n) is 3.83. The van der Waals surface area contributed by atoms with Crippen LogP contribution in [0.25, 0.3) is 0 Å². The van der Waals surface area contributed by atoms with E-state index in [1.165, 1.54) is 0 Å². The zero-order valence-electron chi connectivity index (χ0n) is 15.9. The maximum atomic E-state index is 12.4. The first-order valence-corrected chi connectivity index (χ1v) is 8.57. The molecule has 0 heterocycles. The lowest BCUT2D eigenvalue weighted by molar-refractivity contribution is -0.144. The Labute approximate surface area is 157 Å². The van der Waals surface area contributed by atoms with Gasteiger partial charge in [0, 0.05) is 0 Å². The minimum absolute atomic E-state index is 0.376. The predicted molar refractivity (Wildman–Crippen MR) is 95.3 cm³/mol. The van der Waals surface area contributed by atoms with E-state index in [0.29, 0.717) is 0 Å². The summed E-state index contributed by atoms with van der Waals surface area (Å²) in [6.45, 7) is 5.14. The van der Waals surface area contributed by atoms with Crippen LogP contribution in [0.2, 0.25) is 0 Å². The molecule has 156 valence electrons. The van der Waals surface area contributed by atoms with Gasteiger partial charge in [-0.2, -0.15) is 0 Å². The molecule has 0 aromatic heterocycles. The fourth-order valence-electron chi connectivity index (χ4n) is 2.10. The Morgan fingerprint density at radius 2 is 1.26 bits per heavy atom. The standard InChI is InChI=1S/C16H30N4O7/c1-7(2)11(15(25)20-12(8(3)4)16(26)27)19-14(24)10(6-22)18-13(23)9(17)5-21/h7-12,21-22H,5-6,17H2,1-4H3,(H,18,23)(H,19,24)(H,20,25)(H,26,27)/t9-,10-,11-,12-/m0/s1. The van der Waals surface area contributed by atoms with Crippen molar-refractivity contribution >= 4 is 23.7 Å². The molecular weight excluding hydrogens is 360 g/mol. The average Bonchev–Trinajstić information content (AvgIpc) is 2.59. The summed E-state index contributed by atoms with van der Waals surface area (Å²) in [5.74, 6) is -4.37. The number of hydrogen-bond acceptors (Lipinski definition) is 7. The van der Waals surface area contributed by atoms with Crippen LogP contribution in [-0.2, 0) is 19.2 Å². The van der Waals surface area contributed by atoms with E-state index in [1.54, 1.807) is 27.7 Å². The molecule has 8 N–H and O–H groups in total. The largest absolute Gasteiger partial charge is 0.480 e. The highest BCUT2D eigenvalue weighted by atomic mass is 16.4. The van der Waals surface area contributed by atoms with Crippen molar-refractivity contribution in [2.24, 2.45) is 17.6 Å². The Morgan fingerprint density at radius 3 is 1.63 bits per heavy atom. The van der Waals surface area contributed by atoms with Crippen molar-refractivity contribution in [1.29, 1.82) is 0 Å². The van der Waals surface area contributed by atoms with E-state index in [4.69, 9.17) is 10.8 Å². The molecule has 0 aromatic rings. The number of carboxylic acid groups (broad SMARTS) is 1. The number of carbonyl (C=O) groups is 4. The fourth-order valence-corrected chi connectivity index (χ4v) is 2.10. The SMILES string of the molecule is CC(C)[C@H](NC(=O)[C@@H](NC(=O)[C@H](CO)NC(=O)[C@@H](N)CO)C(C)C)C(=O)O. The van der Waals surface area contributed by atoms with E-state index in [0.717, 1.165) is 0 Å². The predicted octanol–water partition coefficient (Wildman–Crippen LogP) is -2.85. The molecule has 27 heavy (non-hydrogen) atoms. The van der Waals surface area contributed by atoms with Crippen molar-refractivity contribution in [2.45, 2.75) is 51.9 Å². The minimum Gasteiger partial charge on any atom is -0.480 e. The topological polar surface area (TPSA) is 191 Å². The highest BCUT2D eigenvalue weighted by molar-refractivity contribution is 5.94. The molecule has 4 atom stereocenters. The second kappa shape index (κ2) is 11.5. The Hall–Kier alpha value is -2.24. The summed E-state index contributed by atoms with van der Waals surface area (Å²) >= 11 is 0. The number of aliphatic carboxylic acids is 1. The van der Waals surface area contributed by atoms with E-state index in [9.17, 15) is 29.4 Å². The minimum atomic E-state index is -1.38. The van der Waals surface area contributed by atoms with E-state index in [1.807, 2.05) is 0 Å². The molecule has 0 saturated heterocycles. The van der Waals surface area contributed by atoms with Crippen LogP contribution in [0.1, 0.15) is 27.7 Å². The third kappa shape index (κ3) is 7.89. The van der Waals surface area contributed by atoms with Gasteiger partial charge in [0.05, 0.1) is 13.2 Å². The zero-order chi connectivity index (χ0) is 21.3. The summed E-state index contributed by atoms with van der Waals surface area (Å²) in [6.07, 6.45) is 0. The van der Waals surface area contributed by atoms with Gasteiger partial charge in [-0.15, -0.1) is 0 Å². The van der Waals surface area contributed by atoms with Gasteiger partial charge in [-0.05, 0) is 11.8 Å². The van der Waals surface area contributed by atoms with Crippen molar-refractivity contribution in [3.8, 4) is 0 Å². The van der Waals surface area contributed by atoms with Crippen molar-refractivity contribution < 1.29 is 34.5 Å². The second-order valence-corrected chi connectivity index (χ2v) is 6.83. The Kier molecular flexibility index (Phi) is 10.5. The van der Waals surface area contributed by atoms with Crippen molar-refractivity contribution in [3.63, 3.8) is 0 Å². The van der Waals surface area contributed by atoms with Crippen LogP contribution >= 0.6 is 0 Å². The van der Waals surface area contributed by atoms with Crippen LogP contribution < -0.4 is 21.7 Å². The first-order chi connectivity index (χ1) is 12.5. The smallest absolute Gasteiger partial charge is 0.326 e. The third-order valence-corrected chi connectivity index (χ3v) is 3.83. The van der Waals surface area contributed by atoms with E-state index in [-0.39, 0.29) is 5.92 Å². The molecular formula is C16H30N4O7. The molecule has 11 nitrogen and oxygen atoms in total. The van der Waals surface area contributed by atoms with Crippen LogP contribution in [0.4, 0.5) is 0 Å². The second-order valence-electron chi connectivity index (χ2n) is 6.83. The van der Waals surface area contributed by atoms with E-state index >= 15 is 0 Å². The number of carbonyl (C=O) groups excluding carboxylic acids is 3. The highest BCUT2D eigenvalue weighted by Gasteiger charge is 2.32. The van der Waals surface area contributed by atoms with Gasteiger partial charge in [0.25, 0.3) is 0 Å². The van der Waals surface area contributed by atoms with Crippen LogP contribution in [0.3, 0.4) is 0 Å². The molecule has 0 aliphatic heterocycles. The zero-order valence-corrected chi connectivity index (χ0v) is 15.9. The van der Waals surface area contributed by atoms with Crippen molar-refractivity contribution in [3.05, 3.63) is 0 Å². The molecule has 0 spiro atoms. The lowest BCUT2D eigenvalue weighted by atomic mass is 10.00. The number of aliphatic hydroxyl groups is 2. The highest BCUT2D eigenvalue weighted by Crippen LogP contribution is 2.07. The van der Waals surface area contributed by atoms with Crippen LogP contribution in [-0.4, -0.2) is 76.4 Å². The molecule has 0 radical (unpaired) electrons. The van der Waals surface area contributed by atoms with Gasteiger partial charge in [0.1, 0.15) is 24.2 Å². The Balaban J connectivity index is 5.16. The molecule has 0 rings (SSSR count). The summed E-state index contributed by atoms with van der Waals surface area (Å²) in [4.78, 5) is 47.7. The summed E-state index contributed by atoms with van der Waals surface area (Å²) < 4.78 is 0. The van der Waals surface area contributed by atoms with Gasteiger partial charge in [0.15, 0.2) is 0 Å². The first kappa shape index (κ1) is 24.8. The summed E-state index contributed by atoms with van der Waals surface area (Å²) in [5, 5.41) is 34.3. The van der Waals surface area contributed by atoms with Crippen LogP contribution in [0.5, 0.6) is 0 Å². The van der Waals surface area contributed by atoms with E-state index in [2.05, 4.69) is 16.0 Å². The Bertz CT molecular complexity index is 539. The maximum Gasteiger partial charge on any atom is 0.326 e. The number of aliphatic hydroxyl groups excluding tert-OH is 2. The molecule has 0 unspecified atom stereocenters. The monoisotopic (exact) mass is 390 g/mol. The van der Waals surface area contributed by atoms with Crippen molar-refractivity contribution in [1.82, 2.24) is 16.0 Å². The number of nitrogens with two attached hydrogens (primary N) is 1. The normalized spacial score (nSPS) is 15.6. The Morgan fingerprint density at radius 1 is 0.778 bits per heavy atom. The maximum absolute atomic E-state index is 12.4. The lowest BCUT2D eigenvalue weighted by Gasteiger charge is -2.27. The molecule has 0 aromatic carbocycles. The molecule has 11 heteroatoms. The van der Waals surface area contributed by atoms with Crippen LogP contribution in [0.15, 0.2) is 0 Å². The van der Waals surface area contributed by atoms with Gasteiger partial charge in [0.2, 0.25) is 17.7 Å². The molecule has 3 amide bonds. The molecule has 0 bridgehead atoms. The summed E-state index contributed by atoms with van der Waals surface area (Å²) in [6, 6.07) is -4.87. The number of rotatable bonds is 11. The number of amides is 3. The van der Waals surface area contributed by atoms with Crippen LogP contribution in [0, 0.1) is 11.8 Å². The lowest BCUT2D eigenvalue weighted by Crippen LogP contribution is -2.59. The van der Waals surface area contributed by atoms with Gasteiger partial charge in [-0.25, -0.2) is 4.79 Å². The molecule has 0 saturated carbocycles. The van der Waals surface area contributed by atoms with Gasteiger partial charge in [-0.3, -0.25) is 14.4 Å². The average molecular weight is 390 g/mol. The summed E-state index contributed by atoms with van der Waals surface area (Å²) in [5.41, 5.74) is 5.33. The first-order valence-electron chi connectivity index (χ1n) is 8.57. The van der Waals surface area contributed by atoms with Gasteiger partial charge < -0.3 is 37.0 Å².